The number of nitrogens with one attached hydrogen (secondary N) is 2. The van der Waals surface area contributed by atoms with Gasteiger partial charge in [-0.2, -0.15) is 0 Å². The number of aryl methyl sites for hydroxylation is 1. The number of hydrogen-bond acceptors (Lipinski definition) is 4. The number of amides is 1. The fourth-order valence-electron chi connectivity index (χ4n) is 4.48. The zero-order valence-electron chi connectivity index (χ0n) is 19.6. The SMILES string of the molecule is CCC(=O)Nc1ccc(N2C(=S)N[C@H](c3ccccn3)[C@@H]2c2cccn2-c2ccncc2)cc1C. The van der Waals surface area contributed by atoms with Crippen molar-refractivity contribution >= 4 is 34.6 Å². The second-order valence-electron chi connectivity index (χ2n) is 8.41. The number of benzene rings is 1. The number of thiocarbonyl (C=S) groups is 1. The maximum absolute atomic E-state index is 11.9. The molecule has 0 bridgehead atoms. The van der Waals surface area contributed by atoms with Crippen LogP contribution in [0.2, 0.25) is 0 Å². The fraction of sp³-hybridized carbons (Fsp3) is 0.185. The molecule has 0 aliphatic carbocycles. The van der Waals surface area contributed by atoms with Crippen LogP contribution in [-0.2, 0) is 4.79 Å². The summed E-state index contributed by atoms with van der Waals surface area (Å²) < 4.78 is 2.16. The minimum atomic E-state index is -0.156. The van der Waals surface area contributed by atoms with Gasteiger partial charge in [-0.15, -0.1) is 0 Å². The van der Waals surface area contributed by atoms with E-state index < -0.39 is 0 Å². The van der Waals surface area contributed by atoms with Crippen LogP contribution in [0.3, 0.4) is 0 Å². The van der Waals surface area contributed by atoms with E-state index in [-0.39, 0.29) is 18.0 Å². The van der Waals surface area contributed by atoms with E-state index in [2.05, 4.69) is 42.2 Å². The van der Waals surface area contributed by atoms with Crippen LogP contribution in [0.25, 0.3) is 5.69 Å². The Kier molecular flexibility index (Phi) is 6.29. The van der Waals surface area contributed by atoms with Crippen LogP contribution in [0.15, 0.2) is 85.5 Å². The van der Waals surface area contributed by atoms with Gasteiger partial charge in [0.05, 0.1) is 11.7 Å². The zero-order chi connectivity index (χ0) is 24.4. The second kappa shape index (κ2) is 9.68. The van der Waals surface area contributed by atoms with E-state index in [1.807, 2.05) is 68.6 Å². The Morgan fingerprint density at radius 3 is 2.60 bits per heavy atom. The summed E-state index contributed by atoms with van der Waals surface area (Å²) in [6.07, 6.45) is 7.86. The molecule has 0 spiro atoms. The molecule has 1 fully saturated rings. The van der Waals surface area contributed by atoms with Crippen LogP contribution in [0, 0.1) is 6.92 Å². The van der Waals surface area contributed by atoms with Gasteiger partial charge in [-0.05, 0) is 79.3 Å². The molecule has 1 aliphatic rings. The van der Waals surface area contributed by atoms with Gasteiger partial charge >= 0.3 is 0 Å². The third-order valence-corrected chi connectivity index (χ3v) is 6.52. The Morgan fingerprint density at radius 2 is 1.89 bits per heavy atom. The molecular weight excluding hydrogens is 456 g/mol. The van der Waals surface area contributed by atoms with Gasteiger partial charge in [0.2, 0.25) is 5.91 Å². The van der Waals surface area contributed by atoms with Crippen LogP contribution in [0.1, 0.15) is 42.4 Å². The fourth-order valence-corrected chi connectivity index (χ4v) is 4.83. The molecule has 0 radical (unpaired) electrons. The smallest absolute Gasteiger partial charge is 0.224 e. The highest BCUT2D eigenvalue weighted by atomic mass is 32.1. The largest absolute Gasteiger partial charge is 0.351 e. The summed E-state index contributed by atoms with van der Waals surface area (Å²) in [5.41, 5.74) is 5.72. The molecule has 3 aromatic heterocycles. The highest BCUT2D eigenvalue weighted by molar-refractivity contribution is 7.80. The van der Waals surface area contributed by atoms with Crippen molar-refractivity contribution in [3.63, 3.8) is 0 Å². The molecule has 7 nitrogen and oxygen atoms in total. The maximum Gasteiger partial charge on any atom is 0.224 e. The van der Waals surface area contributed by atoms with Crippen molar-refractivity contribution < 1.29 is 4.79 Å². The first-order valence-electron chi connectivity index (χ1n) is 11.6. The second-order valence-corrected chi connectivity index (χ2v) is 8.79. The molecule has 4 heterocycles. The molecular formula is C27H26N6OS. The molecule has 4 aromatic rings. The number of pyridine rings is 2. The average Bonchev–Trinajstić information content (AvgIpc) is 3.50. The standard InChI is InChI=1S/C27H26N6OS/c1-3-24(34)30-21-10-9-20(17-18(21)2)33-26(25(31-27(33)35)22-7-4-5-13-29-22)23-8-6-16-32(23)19-11-14-28-15-12-19/h4-17,25-26H,3H2,1-2H3,(H,30,34)(H,31,35)/t25-,26+/m1/s1. The zero-order valence-corrected chi connectivity index (χ0v) is 20.4. The van der Waals surface area contributed by atoms with E-state index in [0.29, 0.717) is 11.5 Å². The first-order chi connectivity index (χ1) is 17.1. The molecule has 2 N–H and O–H groups in total. The van der Waals surface area contributed by atoms with E-state index in [1.165, 1.54) is 0 Å². The lowest BCUT2D eigenvalue weighted by Gasteiger charge is -2.29. The number of hydrogen-bond donors (Lipinski definition) is 2. The van der Waals surface area contributed by atoms with Crippen LogP contribution in [0.5, 0.6) is 0 Å². The van der Waals surface area contributed by atoms with Gasteiger partial charge in [-0.3, -0.25) is 14.8 Å². The summed E-state index contributed by atoms with van der Waals surface area (Å²) in [6, 6.07) is 19.7. The Balaban J connectivity index is 1.61. The molecule has 1 aliphatic heterocycles. The lowest BCUT2D eigenvalue weighted by atomic mass is 10.0. The predicted octanol–water partition coefficient (Wildman–Crippen LogP) is 5.10. The van der Waals surface area contributed by atoms with Crippen LogP contribution < -0.4 is 15.5 Å². The Bertz CT molecular complexity index is 1350. The van der Waals surface area contributed by atoms with Gasteiger partial charge < -0.3 is 20.1 Å². The molecule has 1 saturated heterocycles. The first kappa shape index (κ1) is 22.7. The summed E-state index contributed by atoms with van der Waals surface area (Å²) in [5.74, 6) is -0.0116. The summed E-state index contributed by atoms with van der Waals surface area (Å²) >= 11 is 5.87. The third-order valence-electron chi connectivity index (χ3n) is 6.21. The average molecular weight is 483 g/mol. The number of aromatic nitrogens is 3. The Morgan fingerprint density at radius 1 is 1.06 bits per heavy atom. The van der Waals surface area contributed by atoms with E-state index >= 15 is 0 Å². The summed E-state index contributed by atoms with van der Waals surface area (Å²) in [5, 5.41) is 7.10. The molecule has 35 heavy (non-hydrogen) atoms. The molecule has 1 amide bonds. The van der Waals surface area contributed by atoms with Gasteiger partial charge in [0.25, 0.3) is 0 Å². The van der Waals surface area contributed by atoms with Crippen molar-refractivity contribution in [2.75, 3.05) is 10.2 Å². The molecule has 5 rings (SSSR count). The first-order valence-corrected chi connectivity index (χ1v) is 12.0. The molecule has 0 unspecified atom stereocenters. The topological polar surface area (TPSA) is 75.1 Å². The third kappa shape index (κ3) is 4.40. The quantitative estimate of drug-likeness (QED) is 0.373. The molecule has 1 aromatic carbocycles. The predicted molar refractivity (Wildman–Crippen MR) is 142 cm³/mol. The van der Waals surface area contributed by atoms with Crippen molar-refractivity contribution in [2.24, 2.45) is 0 Å². The molecule has 2 atom stereocenters. The van der Waals surface area contributed by atoms with E-state index in [9.17, 15) is 4.79 Å². The van der Waals surface area contributed by atoms with E-state index in [0.717, 1.165) is 34.0 Å². The number of carbonyl (C=O) groups excluding carboxylic acids is 1. The van der Waals surface area contributed by atoms with Crippen LogP contribution >= 0.6 is 12.2 Å². The van der Waals surface area contributed by atoms with Crippen molar-refractivity contribution in [1.29, 1.82) is 0 Å². The van der Waals surface area contributed by atoms with Gasteiger partial charge in [-0.25, -0.2) is 0 Å². The lowest BCUT2D eigenvalue weighted by molar-refractivity contribution is -0.115. The minimum absolute atomic E-state index is 0.0116. The summed E-state index contributed by atoms with van der Waals surface area (Å²) in [4.78, 5) is 22.9. The monoisotopic (exact) mass is 482 g/mol. The Labute approximate surface area is 209 Å². The van der Waals surface area contributed by atoms with Crippen molar-refractivity contribution in [1.82, 2.24) is 19.9 Å². The highest BCUT2D eigenvalue weighted by Crippen LogP contribution is 2.42. The Hall–Kier alpha value is -4.04. The van der Waals surface area contributed by atoms with Gasteiger partial charge in [0.1, 0.15) is 6.04 Å². The normalized spacial score (nSPS) is 17.3. The molecule has 8 heteroatoms. The van der Waals surface area contributed by atoms with Crippen molar-refractivity contribution in [3.05, 3.63) is 102 Å². The van der Waals surface area contributed by atoms with Crippen LogP contribution in [-0.4, -0.2) is 25.6 Å². The van der Waals surface area contributed by atoms with E-state index in [1.54, 1.807) is 18.6 Å². The number of nitrogens with zero attached hydrogens (tertiary/aromatic N) is 4. The van der Waals surface area contributed by atoms with E-state index in [4.69, 9.17) is 12.2 Å². The van der Waals surface area contributed by atoms with Gasteiger partial charge in [-0.1, -0.05) is 13.0 Å². The number of anilines is 2. The number of rotatable bonds is 6. The maximum atomic E-state index is 11.9. The highest BCUT2D eigenvalue weighted by Gasteiger charge is 2.42. The van der Waals surface area contributed by atoms with Crippen molar-refractivity contribution in [3.8, 4) is 5.69 Å². The molecule has 176 valence electrons. The molecule has 0 saturated carbocycles. The number of carbonyl (C=O) groups is 1. The summed E-state index contributed by atoms with van der Waals surface area (Å²) in [7, 11) is 0. The van der Waals surface area contributed by atoms with Gasteiger partial charge in [0, 0.05) is 54.0 Å². The lowest BCUT2D eigenvalue weighted by Crippen LogP contribution is -2.30. The van der Waals surface area contributed by atoms with Gasteiger partial charge in [0.15, 0.2) is 5.11 Å². The van der Waals surface area contributed by atoms with Crippen LogP contribution in [0.4, 0.5) is 11.4 Å². The minimum Gasteiger partial charge on any atom is -0.351 e. The summed E-state index contributed by atoms with van der Waals surface area (Å²) in [6.45, 7) is 3.83. The van der Waals surface area contributed by atoms with Crippen molar-refractivity contribution in [2.45, 2.75) is 32.4 Å².